The fourth-order valence-electron chi connectivity index (χ4n) is 3.32. The van der Waals surface area contributed by atoms with Gasteiger partial charge in [0.2, 0.25) is 0 Å². The number of methoxy groups -OCH3 is 1. The molecule has 3 heterocycles. The number of aromatic nitrogens is 1. The molecule has 2 bridgehead atoms. The Balaban J connectivity index is 1.82. The van der Waals surface area contributed by atoms with Crippen molar-refractivity contribution in [3.63, 3.8) is 0 Å². The van der Waals surface area contributed by atoms with Crippen LogP contribution < -0.4 is 4.74 Å². The quantitative estimate of drug-likeness (QED) is 0.792. The molecule has 2 fully saturated rings. The van der Waals surface area contributed by atoms with Crippen molar-refractivity contribution in [2.75, 3.05) is 7.11 Å². The molecule has 5 nitrogen and oxygen atoms in total. The van der Waals surface area contributed by atoms with E-state index in [0.29, 0.717) is 37.0 Å². The topological polar surface area (TPSA) is 73.3 Å². The van der Waals surface area contributed by atoms with Crippen molar-refractivity contribution < 1.29 is 17.9 Å². The molecule has 0 spiro atoms. The van der Waals surface area contributed by atoms with Crippen LogP contribution in [0, 0.1) is 5.92 Å². The van der Waals surface area contributed by atoms with Crippen molar-refractivity contribution in [1.82, 2.24) is 4.98 Å². The van der Waals surface area contributed by atoms with Crippen molar-refractivity contribution in [2.24, 2.45) is 5.92 Å². The van der Waals surface area contributed by atoms with Crippen LogP contribution >= 0.6 is 0 Å². The number of rotatable bonds is 3. The van der Waals surface area contributed by atoms with E-state index >= 15 is 0 Å². The van der Waals surface area contributed by atoms with Gasteiger partial charge in [-0.1, -0.05) is 0 Å². The highest BCUT2D eigenvalue weighted by Crippen LogP contribution is 2.42. The van der Waals surface area contributed by atoms with Gasteiger partial charge in [0.25, 0.3) is 0 Å². The Morgan fingerprint density at radius 1 is 1.25 bits per heavy atom. The molecule has 1 aromatic rings. The first-order valence-corrected chi connectivity index (χ1v) is 8.39. The van der Waals surface area contributed by atoms with Crippen LogP contribution in [-0.2, 0) is 9.84 Å². The molecule has 0 aliphatic carbocycles. The van der Waals surface area contributed by atoms with Crippen LogP contribution in [0.2, 0.25) is 0 Å². The molecule has 2 aliphatic heterocycles. The highest BCUT2D eigenvalue weighted by Gasteiger charge is 2.48. The van der Waals surface area contributed by atoms with Crippen molar-refractivity contribution in [3.8, 4) is 5.75 Å². The van der Waals surface area contributed by atoms with Gasteiger partial charge in [0.05, 0.1) is 23.8 Å². The lowest BCUT2D eigenvalue weighted by atomic mass is 9.91. The van der Waals surface area contributed by atoms with Crippen LogP contribution in [0.3, 0.4) is 0 Å². The lowest BCUT2D eigenvalue weighted by Crippen LogP contribution is -2.36. The lowest BCUT2D eigenvalue weighted by molar-refractivity contribution is 0.0904. The second-order valence-electron chi connectivity index (χ2n) is 5.56. The zero-order chi connectivity index (χ0) is 14.3. The van der Waals surface area contributed by atoms with Crippen molar-refractivity contribution in [1.29, 1.82) is 0 Å². The summed E-state index contributed by atoms with van der Waals surface area (Å²) in [5, 5.41) is -0.650. The summed E-state index contributed by atoms with van der Waals surface area (Å²) < 4.78 is 29.1. The van der Waals surface area contributed by atoms with E-state index in [1.807, 2.05) is 0 Å². The van der Waals surface area contributed by atoms with Crippen LogP contribution in [0.5, 0.6) is 5.75 Å². The Hall–Kier alpha value is -1.43. The van der Waals surface area contributed by atoms with Crippen molar-refractivity contribution in [3.05, 3.63) is 24.0 Å². The number of carbonyl (C=O) groups is 1. The minimum absolute atomic E-state index is 0.0109. The van der Waals surface area contributed by atoms with Crippen LogP contribution in [0.15, 0.2) is 18.5 Å². The molecule has 2 atom stereocenters. The van der Waals surface area contributed by atoms with E-state index in [1.165, 1.54) is 13.3 Å². The van der Waals surface area contributed by atoms with Gasteiger partial charge in [0.15, 0.2) is 15.6 Å². The molecule has 2 unspecified atom stereocenters. The lowest BCUT2D eigenvalue weighted by Gasteiger charge is -2.26. The Morgan fingerprint density at radius 3 is 2.50 bits per heavy atom. The molecule has 0 aromatic carbocycles. The number of carbonyl (C=O) groups excluding carboxylic acids is 1. The van der Waals surface area contributed by atoms with Crippen LogP contribution in [0.4, 0.5) is 0 Å². The molecule has 0 amide bonds. The second kappa shape index (κ2) is 4.84. The number of hydrogen-bond acceptors (Lipinski definition) is 5. The maximum absolute atomic E-state index is 12.5. The van der Waals surface area contributed by atoms with E-state index < -0.39 is 9.84 Å². The summed E-state index contributed by atoms with van der Waals surface area (Å²) in [6, 6.07) is 1.67. The maximum Gasteiger partial charge on any atom is 0.167 e. The Morgan fingerprint density at radius 2 is 1.90 bits per heavy atom. The van der Waals surface area contributed by atoms with Gasteiger partial charge in [-0.15, -0.1) is 0 Å². The fraction of sp³-hybridized carbons (Fsp3) is 0.571. The summed E-state index contributed by atoms with van der Waals surface area (Å²) in [5.41, 5.74) is 0.507. The molecule has 108 valence electrons. The van der Waals surface area contributed by atoms with E-state index in [1.54, 1.807) is 12.3 Å². The molecule has 0 radical (unpaired) electrons. The molecule has 0 saturated carbocycles. The maximum atomic E-state index is 12.5. The summed E-state index contributed by atoms with van der Waals surface area (Å²) in [5.74, 6) is 0.329. The summed E-state index contributed by atoms with van der Waals surface area (Å²) in [4.78, 5) is 16.5. The molecule has 0 N–H and O–H groups in total. The predicted octanol–water partition coefficient (Wildman–Crippen LogP) is 1.63. The van der Waals surface area contributed by atoms with Gasteiger partial charge in [-0.3, -0.25) is 9.78 Å². The molecular weight excluding hydrogens is 278 g/mol. The zero-order valence-corrected chi connectivity index (χ0v) is 12.1. The third-order valence-corrected chi connectivity index (χ3v) is 7.15. The second-order valence-corrected chi connectivity index (χ2v) is 8.07. The molecule has 20 heavy (non-hydrogen) atoms. The number of sulfone groups is 1. The Bertz CT molecular complexity index is 620. The molecule has 1 aromatic heterocycles. The number of nitrogens with zero attached hydrogens (tertiary/aromatic N) is 1. The van der Waals surface area contributed by atoms with Gasteiger partial charge < -0.3 is 4.74 Å². The number of fused-ring (bicyclic) bond motifs is 2. The molecule has 3 rings (SSSR count). The number of hydrogen-bond donors (Lipinski definition) is 0. The van der Waals surface area contributed by atoms with E-state index in [4.69, 9.17) is 4.74 Å². The predicted molar refractivity (Wildman–Crippen MR) is 73.6 cm³/mol. The number of pyridine rings is 1. The highest BCUT2D eigenvalue weighted by atomic mass is 32.2. The van der Waals surface area contributed by atoms with Crippen molar-refractivity contribution in [2.45, 2.75) is 36.2 Å². The highest BCUT2D eigenvalue weighted by molar-refractivity contribution is 7.93. The average molecular weight is 295 g/mol. The molecule has 6 heteroatoms. The van der Waals surface area contributed by atoms with E-state index in [9.17, 15) is 13.2 Å². The van der Waals surface area contributed by atoms with Gasteiger partial charge in [0, 0.05) is 17.7 Å². The fourth-order valence-corrected chi connectivity index (χ4v) is 5.80. The first-order chi connectivity index (χ1) is 9.52. The SMILES string of the molecule is COc1cncc(C(=O)C2CC3CCC(C2)S3(=O)=O)c1. The number of ether oxygens (including phenoxy) is 1. The third-order valence-electron chi connectivity index (χ3n) is 4.44. The first-order valence-electron chi connectivity index (χ1n) is 6.78. The standard InChI is InChI=1S/C14H17NO4S/c1-19-11-4-10(7-15-8-11)14(16)9-5-12-2-3-13(6-9)20(12,17)18/h4,7-9,12-13H,2-3,5-6H2,1H3. The average Bonchev–Trinajstić information content (AvgIpc) is 2.66. The summed E-state index contributed by atoms with van der Waals surface area (Å²) in [7, 11) is -1.46. The number of ketones is 1. The third kappa shape index (κ3) is 2.12. The summed E-state index contributed by atoms with van der Waals surface area (Å²) in [6.45, 7) is 0. The minimum atomic E-state index is -2.98. The van der Waals surface area contributed by atoms with Gasteiger partial charge >= 0.3 is 0 Å². The summed E-state index contributed by atoms with van der Waals surface area (Å²) >= 11 is 0. The van der Waals surface area contributed by atoms with Gasteiger partial charge in [-0.25, -0.2) is 8.42 Å². The number of Topliss-reactive ketones (excluding diaryl/α,β-unsaturated/α-hetero) is 1. The van der Waals surface area contributed by atoms with E-state index in [2.05, 4.69) is 4.98 Å². The minimum Gasteiger partial charge on any atom is -0.495 e. The Kier molecular flexibility index (Phi) is 3.28. The van der Waals surface area contributed by atoms with Gasteiger partial charge in [-0.05, 0) is 31.7 Å². The van der Waals surface area contributed by atoms with Gasteiger partial charge in [-0.2, -0.15) is 0 Å². The zero-order valence-electron chi connectivity index (χ0n) is 11.3. The normalized spacial score (nSPS) is 30.9. The molecule has 2 saturated heterocycles. The summed E-state index contributed by atoms with van der Waals surface area (Å²) in [6.07, 6.45) is 5.38. The van der Waals surface area contributed by atoms with Crippen LogP contribution in [0.25, 0.3) is 0 Å². The van der Waals surface area contributed by atoms with Crippen molar-refractivity contribution >= 4 is 15.6 Å². The molecular formula is C14H17NO4S. The smallest absolute Gasteiger partial charge is 0.167 e. The van der Waals surface area contributed by atoms with E-state index in [-0.39, 0.29) is 22.2 Å². The van der Waals surface area contributed by atoms with Crippen LogP contribution in [-0.4, -0.2) is 36.8 Å². The monoisotopic (exact) mass is 295 g/mol. The Labute approximate surface area is 118 Å². The molecule has 2 aliphatic rings. The first kappa shape index (κ1) is 13.5. The van der Waals surface area contributed by atoms with Gasteiger partial charge in [0.1, 0.15) is 5.75 Å². The van der Waals surface area contributed by atoms with Crippen LogP contribution in [0.1, 0.15) is 36.0 Å². The van der Waals surface area contributed by atoms with E-state index in [0.717, 1.165) is 0 Å². The largest absolute Gasteiger partial charge is 0.495 e.